The van der Waals surface area contributed by atoms with E-state index in [0.717, 1.165) is 36.6 Å². The maximum atomic E-state index is 12.7. The number of nitrogens with two attached hydrogens (primary N) is 1. The zero-order valence-electron chi connectivity index (χ0n) is 18.6. The van der Waals surface area contributed by atoms with Crippen LogP contribution in [0.5, 0.6) is 11.5 Å². The molecule has 0 amide bonds. The van der Waals surface area contributed by atoms with Crippen LogP contribution in [0.2, 0.25) is 0 Å². The quantitative estimate of drug-likeness (QED) is 0.576. The lowest BCUT2D eigenvalue weighted by Gasteiger charge is -2.37. The molecule has 0 fully saturated rings. The number of esters is 1. The van der Waals surface area contributed by atoms with Gasteiger partial charge in [-0.2, -0.15) is 0 Å². The third-order valence-corrected chi connectivity index (χ3v) is 7.00. The highest BCUT2D eigenvalue weighted by molar-refractivity contribution is 5.76. The molecule has 5 rings (SSSR count). The Morgan fingerprint density at radius 3 is 2.88 bits per heavy atom. The Balaban J connectivity index is 1.37. The van der Waals surface area contributed by atoms with Gasteiger partial charge in [0, 0.05) is 18.5 Å². The largest absolute Gasteiger partial charge is 0.493 e. The Bertz CT molecular complexity index is 1040. The van der Waals surface area contributed by atoms with Crippen molar-refractivity contribution in [2.24, 2.45) is 5.73 Å². The van der Waals surface area contributed by atoms with Crippen molar-refractivity contribution in [3.8, 4) is 11.5 Å². The summed E-state index contributed by atoms with van der Waals surface area (Å²) in [7, 11) is 3.82. The fraction of sp³-hybridized carbons (Fsp3) is 0.423. The minimum Gasteiger partial charge on any atom is -0.493 e. The Labute approximate surface area is 188 Å². The summed E-state index contributed by atoms with van der Waals surface area (Å²) in [5.41, 5.74) is 9.44. The van der Waals surface area contributed by atoms with Crippen molar-refractivity contribution in [1.29, 1.82) is 0 Å². The molecule has 2 N–H and O–H groups in total. The number of ether oxygens (including phenoxy) is 3. The third-order valence-electron chi connectivity index (χ3n) is 7.00. The summed E-state index contributed by atoms with van der Waals surface area (Å²) in [4.78, 5) is 15.0. The van der Waals surface area contributed by atoms with Crippen LogP contribution >= 0.6 is 0 Å². The average Bonchev–Trinajstić information content (AvgIpc) is 3.05. The molecule has 6 heteroatoms. The zero-order chi connectivity index (χ0) is 22.3. The number of rotatable bonds is 5. The Hall–Kier alpha value is -2.83. The standard InChI is InChI=1S/C26H30N2O4/c1-28-13-12-26-11-10-19(31-25(29)20(27)14-17-6-4-3-5-7-17)15-22(26)32-24-21(30-2)9-8-18(16-28)23(24)26/h3-11,19-20,22H,12-16,27H2,1-2H3/t19-,20-,22-,26?/m0/s1. The molecule has 2 aromatic rings. The normalized spacial score (nSPS) is 27.0. The van der Waals surface area contributed by atoms with E-state index in [-0.39, 0.29) is 23.6 Å². The molecule has 1 spiro atoms. The number of methoxy groups -OCH3 is 1. The van der Waals surface area contributed by atoms with E-state index in [1.54, 1.807) is 7.11 Å². The van der Waals surface area contributed by atoms with E-state index < -0.39 is 6.04 Å². The molecule has 0 saturated carbocycles. The van der Waals surface area contributed by atoms with Gasteiger partial charge in [-0.05, 0) is 49.7 Å². The van der Waals surface area contributed by atoms with Crippen LogP contribution in [0.15, 0.2) is 54.6 Å². The van der Waals surface area contributed by atoms with Crippen LogP contribution in [0, 0.1) is 0 Å². The van der Waals surface area contributed by atoms with Gasteiger partial charge in [-0.1, -0.05) is 42.5 Å². The van der Waals surface area contributed by atoms with E-state index >= 15 is 0 Å². The van der Waals surface area contributed by atoms with Gasteiger partial charge in [0.1, 0.15) is 18.2 Å². The van der Waals surface area contributed by atoms with Gasteiger partial charge in [0.25, 0.3) is 0 Å². The monoisotopic (exact) mass is 434 g/mol. The first kappa shape index (κ1) is 21.0. The highest BCUT2D eigenvalue weighted by atomic mass is 16.6. The van der Waals surface area contributed by atoms with Crippen LogP contribution in [-0.2, 0) is 27.9 Å². The van der Waals surface area contributed by atoms with E-state index in [0.29, 0.717) is 12.8 Å². The summed E-state index contributed by atoms with van der Waals surface area (Å²) in [5.74, 6) is 1.21. The fourth-order valence-corrected chi connectivity index (χ4v) is 5.34. The Morgan fingerprint density at radius 2 is 2.09 bits per heavy atom. The number of nitrogens with zero attached hydrogens (tertiary/aromatic N) is 1. The van der Waals surface area contributed by atoms with E-state index in [1.807, 2.05) is 42.5 Å². The lowest BCUT2D eigenvalue weighted by molar-refractivity contribution is -0.150. The predicted octanol–water partition coefficient (Wildman–Crippen LogP) is 2.97. The van der Waals surface area contributed by atoms with Gasteiger partial charge in [0.05, 0.1) is 12.5 Å². The van der Waals surface area contributed by atoms with E-state index in [1.165, 1.54) is 11.1 Å². The summed E-state index contributed by atoms with van der Waals surface area (Å²) in [6.07, 6.45) is 5.77. The second-order valence-corrected chi connectivity index (χ2v) is 9.13. The van der Waals surface area contributed by atoms with Gasteiger partial charge in [0.2, 0.25) is 0 Å². The number of carbonyl (C=O) groups is 1. The number of hydrogen-bond donors (Lipinski definition) is 1. The molecule has 1 unspecified atom stereocenters. The molecule has 3 aliphatic rings. The molecule has 0 aromatic heterocycles. The summed E-state index contributed by atoms with van der Waals surface area (Å²) in [6, 6.07) is 13.2. The molecule has 0 saturated heterocycles. The van der Waals surface area contributed by atoms with E-state index in [2.05, 4.69) is 24.1 Å². The van der Waals surface area contributed by atoms with Crippen LogP contribution < -0.4 is 15.2 Å². The van der Waals surface area contributed by atoms with Crippen LogP contribution in [-0.4, -0.2) is 49.8 Å². The van der Waals surface area contributed by atoms with E-state index in [9.17, 15) is 4.79 Å². The van der Waals surface area contributed by atoms with Crippen molar-refractivity contribution in [2.45, 2.75) is 49.5 Å². The number of benzene rings is 2. The lowest BCUT2D eigenvalue weighted by Crippen LogP contribution is -2.45. The molecule has 0 radical (unpaired) electrons. The summed E-state index contributed by atoms with van der Waals surface area (Å²) in [5, 5.41) is 0. The van der Waals surface area contributed by atoms with Crippen molar-refractivity contribution >= 4 is 5.97 Å². The smallest absolute Gasteiger partial charge is 0.323 e. The average molecular weight is 435 g/mol. The van der Waals surface area contributed by atoms with Crippen LogP contribution in [0.25, 0.3) is 0 Å². The minimum atomic E-state index is -0.693. The van der Waals surface area contributed by atoms with E-state index in [4.69, 9.17) is 19.9 Å². The Morgan fingerprint density at radius 1 is 1.28 bits per heavy atom. The molecule has 2 aliphatic heterocycles. The molecule has 4 atom stereocenters. The van der Waals surface area contributed by atoms with Crippen molar-refractivity contribution in [3.63, 3.8) is 0 Å². The first-order valence-corrected chi connectivity index (χ1v) is 11.2. The molecule has 6 nitrogen and oxygen atoms in total. The summed E-state index contributed by atoms with van der Waals surface area (Å²) >= 11 is 0. The molecule has 2 heterocycles. The topological polar surface area (TPSA) is 74.0 Å². The highest BCUT2D eigenvalue weighted by Crippen LogP contribution is 2.55. The summed E-state index contributed by atoms with van der Waals surface area (Å²) in [6.45, 7) is 1.85. The van der Waals surface area contributed by atoms with Gasteiger partial charge in [-0.25, -0.2) is 0 Å². The minimum absolute atomic E-state index is 0.104. The van der Waals surface area contributed by atoms with Crippen LogP contribution in [0.1, 0.15) is 29.5 Å². The van der Waals surface area contributed by atoms with Crippen molar-refractivity contribution < 1.29 is 19.0 Å². The van der Waals surface area contributed by atoms with Crippen molar-refractivity contribution in [3.05, 3.63) is 71.3 Å². The van der Waals surface area contributed by atoms with Gasteiger partial charge < -0.3 is 24.8 Å². The molecular weight excluding hydrogens is 404 g/mol. The molecular formula is C26H30N2O4. The number of hydrogen-bond acceptors (Lipinski definition) is 6. The lowest BCUT2D eigenvalue weighted by atomic mass is 9.69. The van der Waals surface area contributed by atoms with Gasteiger partial charge >= 0.3 is 5.97 Å². The maximum absolute atomic E-state index is 12.7. The SMILES string of the molecule is COc1ccc2c3c1O[C@H]1C[C@@H](OC(=O)[C@@H](N)Cc4ccccc4)C=CC31CCN(C)C2. The molecule has 32 heavy (non-hydrogen) atoms. The highest BCUT2D eigenvalue weighted by Gasteiger charge is 2.53. The Kier molecular flexibility index (Phi) is 5.43. The summed E-state index contributed by atoms with van der Waals surface area (Å²) < 4.78 is 17.9. The fourth-order valence-electron chi connectivity index (χ4n) is 5.34. The van der Waals surface area contributed by atoms with Crippen LogP contribution in [0.4, 0.5) is 0 Å². The molecule has 1 aliphatic carbocycles. The predicted molar refractivity (Wildman–Crippen MR) is 122 cm³/mol. The molecule has 2 aromatic carbocycles. The first-order valence-electron chi connectivity index (χ1n) is 11.2. The molecule has 0 bridgehead atoms. The number of carbonyl (C=O) groups excluding carboxylic acids is 1. The van der Waals surface area contributed by atoms with Gasteiger partial charge in [-0.15, -0.1) is 0 Å². The van der Waals surface area contributed by atoms with Gasteiger partial charge in [-0.3, -0.25) is 4.79 Å². The van der Waals surface area contributed by atoms with Crippen LogP contribution in [0.3, 0.4) is 0 Å². The second kappa shape index (κ2) is 8.26. The first-order chi connectivity index (χ1) is 15.5. The van der Waals surface area contributed by atoms with Gasteiger partial charge in [0.15, 0.2) is 11.5 Å². The molecule has 168 valence electrons. The second-order valence-electron chi connectivity index (χ2n) is 9.13. The van der Waals surface area contributed by atoms with Crippen molar-refractivity contribution in [2.75, 3.05) is 20.7 Å². The zero-order valence-corrected chi connectivity index (χ0v) is 18.6. The third kappa shape index (κ3) is 3.57. The van der Waals surface area contributed by atoms with Crippen molar-refractivity contribution in [1.82, 2.24) is 4.90 Å². The maximum Gasteiger partial charge on any atom is 0.323 e.